The Morgan fingerprint density at radius 1 is 0.674 bits per heavy atom. The monoisotopic (exact) mass is 708 g/mol. The van der Waals surface area contributed by atoms with Gasteiger partial charge in [0.2, 0.25) is 0 Å². The molecular formula is C36H52O6S4. The van der Waals surface area contributed by atoms with Gasteiger partial charge in [-0.2, -0.15) is 0 Å². The van der Waals surface area contributed by atoms with Crippen molar-refractivity contribution < 1.29 is 28.5 Å². The van der Waals surface area contributed by atoms with E-state index in [-0.39, 0.29) is 11.9 Å². The maximum atomic E-state index is 12.1. The van der Waals surface area contributed by atoms with Gasteiger partial charge in [-0.15, -0.1) is 47.0 Å². The number of methoxy groups -OCH3 is 2. The molecular weight excluding hydrogens is 657 g/mol. The molecule has 0 bridgehead atoms. The quantitative estimate of drug-likeness (QED) is 0.140. The van der Waals surface area contributed by atoms with Crippen LogP contribution in [0.25, 0.3) is 0 Å². The molecule has 2 aromatic rings. The standard InChI is InChI=1S/2C18H26O3S2/c1-13(2)6-4-7-17(19)21-16-9-8-14(20-3)12-15(16)18-22-10-5-11-23-18;1-13(2)6-4-7-17(19)21-15-9-8-14(12-16(15)20-3)18-22-10-5-11-23-18/h2*8-9,12-13,18H,4-7,10-11H2,1-3H3. The van der Waals surface area contributed by atoms with Gasteiger partial charge in [-0.1, -0.05) is 46.6 Å². The lowest BCUT2D eigenvalue weighted by atomic mass is 10.1. The van der Waals surface area contributed by atoms with Crippen LogP contribution in [0.4, 0.5) is 0 Å². The Labute approximate surface area is 294 Å². The third-order valence-electron chi connectivity index (χ3n) is 7.36. The van der Waals surface area contributed by atoms with E-state index in [1.54, 1.807) is 14.2 Å². The van der Waals surface area contributed by atoms with Gasteiger partial charge >= 0.3 is 11.9 Å². The van der Waals surface area contributed by atoms with Crippen molar-refractivity contribution >= 4 is 59.0 Å². The number of hydrogen-bond acceptors (Lipinski definition) is 10. The van der Waals surface area contributed by atoms with E-state index in [9.17, 15) is 9.59 Å². The largest absolute Gasteiger partial charge is 0.497 e. The van der Waals surface area contributed by atoms with Crippen molar-refractivity contribution in [2.75, 3.05) is 37.2 Å². The fraction of sp³-hybridized carbons (Fsp3) is 0.611. The smallest absolute Gasteiger partial charge is 0.311 e. The first-order valence-corrected chi connectivity index (χ1v) is 20.6. The summed E-state index contributed by atoms with van der Waals surface area (Å²) in [6, 6.07) is 11.7. The summed E-state index contributed by atoms with van der Waals surface area (Å²) >= 11 is 7.77. The Hall–Kier alpha value is -1.62. The lowest BCUT2D eigenvalue weighted by Crippen LogP contribution is -2.11. The Bertz CT molecular complexity index is 1210. The second-order valence-electron chi connectivity index (χ2n) is 12.2. The zero-order valence-electron chi connectivity index (χ0n) is 28.3. The molecule has 0 N–H and O–H groups in total. The van der Waals surface area contributed by atoms with Gasteiger partial charge in [0.05, 0.1) is 23.4 Å². The van der Waals surface area contributed by atoms with E-state index in [1.165, 1.54) is 29.9 Å². The summed E-state index contributed by atoms with van der Waals surface area (Å²) < 4.78 is 22.7. The summed E-state index contributed by atoms with van der Waals surface area (Å²) in [6.45, 7) is 8.66. The van der Waals surface area contributed by atoms with Crippen LogP contribution in [0.3, 0.4) is 0 Å². The van der Waals surface area contributed by atoms with Crippen LogP contribution in [0.15, 0.2) is 36.4 Å². The van der Waals surface area contributed by atoms with Crippen LogP contribution in [0.5, 0.6) is 23.0 Å². The average molecular weight is 709 g/mol. The molecule has 2 aliphatic rings. The number of hydrogen-bond donors (Lipinski definition) is 0. The minimum atomic E-state index is -0.182. The van der Waals surface area contributed by atoms with Gasteiger partial charge in [0, 0.05) is 18.4 Å². The predicted octanol–water partition coefficient (Wildman–Crippen LogP) is 10.6. The Morgan fingerprint density at radius 3 is 1.72 bits per heavy atom. The molecule has 6 nitrogen and oxygen atoms in total. The highest BCUT2D eigenvalue weighted by atomic mass is 32.2. The number of ether oxygens (including phenoxy) is 4. The van der Waals surface area contributed by atoms with Crippen molar-refractivity contribution in [1.29, 1.82) is 0 Å². The normalized spacial score (nSPS) is 15.7. The molecule has 0 radical (unpaired) electrons. The summed E-state index contributed by atoms with van der Waals surface area (Å²) in [5, 5.41) is 0. The average Bonchev–Trinajstić information content (AvgIpc) is 3.06. The van der Waals surface area contributed by atoms with Gasteiger partial charge in [-0.25, -0.2) is 0 Å². The van der Waals surface area contributed by atoms with Gasteiger partial charge in [-0.05, 0) is 96.4 Å². The van der Waals surface area contributed by atoms with E-state index in [0.29, 0.717) is 51.1 Å². The lowest BCUT2D eigenvalue weighted by molar-refractivity contribution is -0.135. The Balaban J connectivity index is 0.000000250. The highest BCUT2D eigenvalue weighted by molar-refractivity contribution is 8.17. The van der Waals surface area contributed by atoms with Crippen LogP contribution in [0, 0.1) is 11.8 Å². The van der Waals surface area contributed by atoms with E-state index in [4.69, 9.17) is 18.9 Å². The van der Waals surface area contributed by atoms with Crippen molar-refractivity contribution in [3.63, 3.8) is 0 Å². The molecule has 0 aliphatic carbocycles. The molecule has 2 heterocycles. The molecule has 0 aromatic heterocycles. The zero-order chi connectivity index (χ0) is 33.3. The van der Waals surface area contributed by atoms with Crippen LogP contribution in [-0.4, -0.2) is 49.2 Å². The first kappa shape index (κ1) is 38.8. The maximum Gasteiger partial charge on any atom is 0.311 e. The minimum Gasteiger partial charge on any atom is -0.497 e. The predicted molar refractivity (Wildman–Crippen MR) is 199 cm³/mol. The number of rotatable bonds is 14. The summed E-state index contributed by atoms with van der Waals surface area (Å²) in [7, 11) is 3.29. The van der Waals surface area contributed by atoms with Crippen LogP contribution in [-0.2, 0) is 9.59 Å². The van der Waals surface area contributed by atoms with E-state index in [2.05, 4.69) is 33.8 Å². The fourth-order valence-corrected chi connectivity index (χ4v) is 10.6. The molecule has 256 valence electrons. The minimum absolute atomic E-state index is 0.136. The fourth-order valence-electron chi connectivity index (χ4n) is 4.85. The molecule has 2 saturated heterocycles. The lowest BCUT2D eigenvalue weighted by Gasteiger charge is -2.23. The summed E-state index contributed by atoms with van der Waals surface area (Å²) in [5.41, 5.74) is 2.30. The van der Waals surface area contributed by atoms with E-state index >= 15 is 0 Å². The zero-order valence-corrected chi connectivity index (χ0v) is 31.6. The van der Waals surface area contributed by atoms with Crippen molar-refractivity contribution in [2.24, 2.45) is 11.8 Å². The second kappa shape index (κ2) is 21.4. The highest BCUT2D eigenvalue weighted by Crippen LogP contribution is 2.48. The molecule has 0 spiro atoms. The van der Waals surface area contributed by atoms with Gasteiger partial charge in [-0.3, -0.25) is 9.59 Å². The topological polar surface area (TPSA) is 71.1 Å². The van der Waals surface area contributed by atoms with Crippen LogP contribution < -0.4 is 18.9 Å². The number of esters is 2. The summed E-state index contributed by atoms with van der Waals surface area (Å²) in [4.78, 5) is 24.1. The van der Waals surface area contributed by atoms with E-state index in [0.717, 1.165) is 48.5 Å². The van der Waals surface area contributed by atoms with Crippen LogP contribution in [0.2, 0.25) is 0 Å². The molecule has 46 heavy (non-hydrogen) atoms. The first-order valence-electron chi connectivity index (χ1n) is 16.4. The Morgan fingerprint density at radius 2 is 1.20 bits per heavy atom. The first-order chi connectivity index (χ1) is 22.2. The number of benzene rings is 2. The molecule has 2 fully saturated rings. The highest BCUT2D eigenvalue weighted by Gasteiger charge is 2.23. The van der Waals surface area contributed by atoms with Crippen molar-refractivity contribution in [3.05, 3.63) is 47.5 Å². The summed E-state index contributed by atoms with van der Waals surface area (Å²) in [6.07, 6.45) is 7.29. The van der Waals surface area contributed by atoms with Gasteiger partial charge in [0.15, 0.2) is 11.5 Å². The number of carbonyl (C=O) groups excluding carboxylic acids is 2. The second-order valence-corrected chi connectivity index (χ2v) is 17.6. The molecule has 0 atom stereocenters. The van der Waals surface area contributed by atoms with Crippen molar-refractivity contribution in [3.8, 4) is 23.0 Å². The SMILES string of the molecule is COc1cc(C2SCCCS2)ccc1OC(=O)CCCC(C)C.COc1ccc(OC(=O)CCCC(C)C)c(C2SCCCS2)c1. The van der Waals surface area contributed by atoms with E-state index in [1.807, 2.05) is 77.4 Å². The Kier molecular flexibility index (Phi) is 18.0. The van der Waals surface area contributed by atoms with Gasteiger partial charge < -0.3 is 18.9 Å². The number of thioether (sulfide) groups is 4. The third-order valence-corrected chi connectivity index (χ3v) is 13.4. The molecule has 2 aliphatic heterocycles. The number of carbonyl (C=O) groups is 2. The molecule has 10 heteroatoms. The molecule has 2 aromatic carbocycles. The van der Waals surface area contributed by atoms with Gasteiger partial charge in [0.1, 0.15) is 11.5 Å². The maximum absolute atomic E-state index is 12.1. The third kappa shape index (κ3) is 13.9. The van der Waals surface area contributed by atoms with Gasteiger partial charge in [0.25, 0.3) is 0 Å². The molecule has 0 amide bonds. The molecule has 0 unspecified atom stereocenters. The van der Waals surface area contributed by atoms with E-state index < -0.39 is 0 Å². The van der Waals surface area contributed by atoms with Crippen molar-refractivity contribution in [1.82, 2.24) is 0 Å². The van der Waals surface area contributed by atoms with Crippen LogP contribution >= 0.6 is 47.0 Å². The molecule has 4 rings (SSSR count). The molecule has 0 saturated carbocycles. The summed E-state index contributed by atoms with van der Waals surface area (Å²) in [5.74, 6) is 8.28. The van der Waals surface area contributed by atoms with Crippen molar-refractivity contribution in [2.45, 2.75) is 88.2 Å². The van der Waals surface area contributed by atoms with Crippen LogP contribution in [0.1, 0.15) is 99.4 Å².